The van der Waals surface area contributed by atoms with Crippen molar-refractivity contribution in [2.24, 2.45) is 10.9 Å². The third-order valence-corrected chi connectivity index (χ3v) is 7.09. The highest BCUT2D eigenvalue weighted by Crippen LogP contribution is 2.50. The van der Waals surface area contributed by atoms with Gasteiger partial charge in [-0.25, -0.2) is 0 Å². The van der Waals surface area contributed by atoms with Crippen LogP contribution < -0.4 is 15.8 Å². The molecule has 0 radical (unpaired) electrons. The van der Waals surface area contributed by atoms with E-state index in [2.05, 4.69) is 54.0 Å². The standard InChI is InChI=1S/C27H32N4O3/c1-26(2,3)24-13-18-12-21(6-7-22(18)31(24)16-20(28)15-29-33)30-25(32)27(9-10-27)19-5-4-17-8-11-34-23(17)14-19/h4-7,12-14,20H,8-11,15-16,28H2,1-3H3,(H,30,32)/t20-/m0/s1. The monoisotopic (exact) mass is 460 g/mol. The molecule has 1 atom stereocenters. The molecule has 1 saturated carbocycles. The average molecular weight is 461 g/mol. The number of nitroso groups, excluding NO2 is 1. The van der Waals surface area contributed by atoms with E-state index in [1.165, 1.54) is 5.56 Å². The Labute approximate surface area is 199 Å². The molecule has 7 nitrogen and oxygen atoms in total. The predicted octanol–water partition coefficient (Wildman–Crippen LogP) is 4.64. The molecule has 1 fully saturated rings. The molecule has 0 saturated heterocycles. The lowest BCUT2D eigenvalue weighted by Crippen LogP contribution is -2.31. The van der Waals surface area contributed by atoms with Gasteiger partial charge < -0.3 is 20.4 Å². The van der Waals surface area contributed by atoms with E-state index in [0.717, 1.165) is 52.9 Å². The molecule has 0 unspecified atom stereocenters. The first-order valence-corrected chi connectivity index (χ1v) is 12.0. The van der Waals surface area contributed by atoms with Gasteiger partial charge in [-0.2, -0.15) is 4.91 Å². The van der Waals surface area contributed by atoms with E-state index in [4.69, 9.17) is 10.5 Å². The second-order valence-corrected chi connectivity index (χ2v) is 10.7. The normalized spacial score (nSPS) is 17.2. The van der Waals surface area contributed by atoms with Gasteiger partial charge in [-0.3, -0.25) is 4.79 Å². The van der Waals surface area contributed by atoms with Crippen LogP contribution >= 0.6 is 0 Å². The van der Waals surface area contributed by atoms with Crippen LogP contribution in [0.1, 0.15) is 50.4 Å². The lowest BCUT2D eigenvalue weighted by Gasteiger charge is -2.23. The van der Waals surface area contributed by atoms with E-state index in [1.54, 1.807) is 0 Å². The molecule has 1 aliphatic carbocycles. The molecule has 1 aliphatic heterocycles. The Balaban J connectivity index is 1.42. The molecule has 7 heteroatoms. The number of benzene rings is 2. The molecule has 5 rings (SSSR count). The molecule has 2 heterocycles. The third-order valence-electron chi connectivity index (χ3n) is 7.09. The summed E-state index contributed by atoms with van der Waals surface area (Å²) in [6, 6.07) is 14.0. The molecular weight excluding hydrogens is 428 g/mol. The Morgan fingerprint density at radius 3 is 2.71 bits per heavy atom. The molecule has 3 N–H and O–H groups in total. The van der Waals surface area contributed by atoms with Crippen LogP contribution in [0.2, 0.25) is 0 Å². The summed E-state index contributed by atoms with van der Waals surface area (Å²) < 4.78 is 7.90. The van der Waals surface area contributed by atoms with Gasteiger partial charge in [0, 0.05) is 46.7 Å². The molecule has 2 aliphatic rings. The van der Waals surface area contributed by atoms with Crippen molar-refractivity contribution < 1.29 is 9.53 Å². The summed E-state index contributed by atoms with van der Waals surface area (Å²) in [6.07, 6.45) is 2.61. The maximum Gasteiger partial charge on any atom is 0.235 e. The molecule has 1 aromatic heterocycles. The first-order chi connectivity index (χ1) is 16.2. The summed E-state index contributed by atoms with van der Waals surface area (Å²) >= 11 is 0. The number of hydrogen-bond acceptors (Lipinski definition) is 5. The highest BCUT2D eigenvalue weighted by molar-refractivity contribution is 6.02. The van der Waals surface area contributed by atoms with Gasteiger partial charge in [-0.15, -0.1) is 0 Å². The van der Waals surface area contributed by atoms with Gasteiger partial charge in [-0.05, 0) is 54.3 Å². The zero-order valence-electron chi connectivity index (χ0n) is 20.1. The molecule has 178 valence electrons. The van der Waals surface area contributed by atoms with Crippen LogP contribution in [0.4, 0.5) is 5.69 Å². The number of nitrogens with two attached hydrogens (primary N) is 1. The second kappa shape index (κ2) is 8.24. The summed E-state index contributed by atoms with van der Waals surface area (Å²) in [6.45, 7) is 7.76. The summed E-state index contributed by atoms with van der Waals surface area (Å²) in [5, 5.41) is 7.16. The van der Waals surface area contributed by atoms with Gasteiger partial charge >= 0.3 is 0 Å². The number of nitrogens with zero attached hydrogens (tertiary/aromatic N) is 2. The number of aromatic nitrogens is 1. The molecule has 0 spiro atoms. The summed E-state index contributed by atoms with van der Waals surface area (Å²) in [5.74, 6) is 0.941. The number of hydrogen-bond donors (Lipinski definition) is 2. The van der Waals surface area contributed by atoms with Crippen molar-refractivity contribution in [1.82, 2.24) is 4.57 Å². The maximum atomic E-state index is 13.4. The van der Waals surface area contributed by atoms with E-state index in [1.807, 2.05) is 24.3 Å². The Hall–Kier alpha value is -3.19. The zero-order valence-corrected chi connectivity index (χ0v) is 20.1. The van der Waals surface area contributed by atoms with Crippen molar-refractivity contribution in [2.45, 2.75) is 63.5 Å². The quantitative estimate of drug-likeness (QED) is 0.502. The van der Waals surface area contributed by atoms with Gasteiger partial charge in [0.05, 0.1) is 18.6 Å². The highest BCUT2D eigenvalue weighted by atomic mass is 16.5. The second-order valence-electron chi connectivity index (χ2n) is 10.7. The highest BCUT2D eigenvalue weighted by Gasteiger charge is 2.51. The van der Waals surface area contributed by atoms with E-state index in [0.29, 0.717) is 13.2 Å². The van der Waals surface area contributed by atoms with Crippen molar-refractivity contribution in [2.75, 3.05) is 18.5 Å². The van der Waals surface area contributed by atoms with Gasteiger partial charge in [0.2, 0.25) is 5.91 Å². The molecule has 34 heavy (non-hydrogen) atoms. The fraction of sp³-hybridized carbons (Fsp3) is 0.444. The Morgan fingerprint density at radius 1 is 1.21 bits per heavy atom. The fourth-order valence-corrected chi connectivity index (χ4v) is 5.04. The molecule has 1 amide bonds. The lowest BCUT2D eigenvalue weighted by molar-refractivity contribution is -0.118. The number of fused-ring (bicyclic) bond motifs is 2. The van der Waals surface area contributed by atoms with E-state index in [-0.39, 0.29) is 23.9 Å². The van der Waals surface area contributed by atoms with Crippen LogP contribution in [-0.4, -0.2) is 29.7 Å². The topological polar surface area (TPSA) is 98.7 Å². The van der Waals surface area contributed by atoms with E-state index >= 15 is 0 Å². The van der Waals surface area contributed by atoms with Crippen LogP contribution in [-0.2, 0) is 28.6 Å². The third kappa shape index (κ3) is 3.98. The summed E-state index contributed by atoms with van der Waals surface area (Å²) in [7, 11) is 0. The minimum atomic E-state index is -0.479. The molecule has 3 aromatic rings. The zero-order chi connectivity index (χ0) is 24.1. The molecular formula is C27H32N4O3. The van der Waals surface area contributed by atoms with E-state index in [9.17, 15) is 9.70 Å². The summed E-state index contributed by atoms with van der Waals surface area (Å²) in [5.41, 5.74) is 10.7. The van der Waals surface area contributed by atoms with Gasteiger partial charge in [0.15, 0.2) is 0 Å². The lowest BCUT2D eigenvalue weighted by atomic mass is 9.92. The number of nitrogens with one attached hydrogen (secondary N) is 1. The van der Waals surface area contributed by atoms with Gasteiger partial charge in [0.25, 0.3) is 0 Å². The summed E-state index contributed by atoms with van der Waals surface area (Å²) in [4.78, 5) is 24.1. The Morgan fingerprint density at radius 2 is 2.00 bits per heavy atom. The average Bonchev–Trinajstić information content (AvgIpc) is 3.33. The van der Waals surface area contributed by atoms with Crippen LogP contribution in [0.3, 0.4) is 0 Å². The van der Waals surface area contributed by atoms with E-state index < -0.39 is 5.41 Å². The number of anilines is 1. The first-order valence-electron chi connectivity index (χ1n) is 12.0. The largest absolute Gasteiger partial charge is 0.493 e. The first kappa shape index (κ1) is 22.6. The van der Waals surface area contributed by atoms with Crippen molar-refractivity contribution in [3.05, 3.63) is 64.2 Å². The number of carbonyl (C=O) groups is 1. The fourth-order valence-electron chi connectivity index (χ4n) is 5.04. The van der Waals surface area contributed by atoms with Crippen LogP contribution in [0.25, 0.3) is 10.9 Å². The number of rotatable bonds is 7. The van der Waals surface area contributed by atoms with Crippen LogP contribution in [0, 0.1) is 4.91 Å². The minimum absolute atomic E-state index is 0.0272. The number of ether oxygens (including phenoxy) is 1. The van der Waals surface area contributed by atoms with Gasteiger partial charge in [0.1, 0.15) is 5.75 Å². The SMILES string of the molecule is CC(C)(C)c1cc2cc(NC(=O)C3(c4ccc5c(c4)OCC5)CC3)ccc2n1C[C@@H](N)CN=O. The van der Waals surface area contributed by atoms with Crippen LogP contribution in [0.15, 0.2) is 47.6 Å². The Bertz CT molecular complexity index is 1270. The van der Waals surface area contributed by atoms with Crippen molar-refractivity contribution in [1.29, 1.82) is 0 Å². The van der Waals surface area contributed by atoms with Crippen molar-refractivity contribution in [3.63, 3.8) is 0 Å². The van der Waals surface area contributed by atoms with Crippen molar-refractivity contribution >= 4 is 22.5 Å². The number of amides is 1. The Kier molecular flexibility index (Phi) is 5.47. The molecule has 0 bridgehead atoms. The maximum absolute atomic E-state index is 13.4. The molecule has 2 aromatic carbocycles. The number of carbonyl (C=O) groups excluding carboxylic acids is 1. The van der Waals surface area contributed by atoms with Gasteiger partial charge in [-0.1, -0.05) is 38.1 Å². The van der Waals surface area contributed by atoms with Crippen molar-refractivity contribution in [3.8, 4) is 5.75 Å². The van der Waals surface area contributed by atoms with Crippen LogP contribution in [0.5, 0.6) is 5.75 Å². The minimum Gasteiger partial charge on any atom is -0.493 e. The predicted molar refractivity (Wildman–Crippen MR) is 134 cm³/mol. The smallest absolute Gasteiger partial charge is 0.235 e.